The fraction of sp³-hybridized carbons (Fsp3) is 0.529. The van der Waals surface area contributed by atoms with E-state index in [1.54, 1.807) is 11.9 Å². The summed E-state index contributed by atoms with van der Waals surface area (Å²) in [6, 6.07) is 9.85. The molecule has 0 spiro atoms. The van der Waals surface area contributed by atoms with Gasteiger partial charge in [-0.05, 0) is 18.4 Å². The highest BCUT2D eigenvalue weighted by atomic mass is 16.5. The highest BCUT2D eigenvalue weighted by molar-refractivity contribution is 5.73. The summed E-state index contributed by atoms with van der Waals surface area (Å²) in [6.45, 7) is 1.27. The topological polar surface area (TPSA) is 58.6 Å². The Kier molecular flexibility index (Phi) is 8.72. The lowest BCUT2D eigenvalue weighted by Gasteiger charge is -2.18. The van der Waals surface area contributed by atoms with Gasteiger partial charge < -0.3 is 15.0 Å². The molecule has 0 saturated carbocycles. The quantitative estimate of drug-likeness (QED) is 0.563. The van der Waals surface area contributed by atoms with Gasteiger partial charge in [0.2, 0.25) is 0 Å². The van der Waals surface area contributed by atoms with Crippen LogP contribution < -0.4 is 5.32 Å². The van der Waals surface area contributed by atoms with Gasteiger partial charge in [0.05, 0.1) is 7.11 Å². The maximum absolute atomic E-state index is 11.9. The Morgan fingerprint density at radius 2 is 1.82 bits per heavy atom. The van der Waals surface area contributed by atoms with Gasteiger partial charge in [-0.25, -0.2) is 4.79 Å². The van der Waals surface area contributed by atoms with Gasteiger partial charge in [-0.2, -0.15) is 0 Å². The summed E-state index contributed by atoms with van der Waals surface area (Å²) in [5.41, 5.74) is 1.11. The van der Waals surface area contributed by atoms with Gasteiger partial charge in [0.1, 0.15) is 0 Å². The minimum Gasteiger partial charge on any atom is -0.469 e. The molecule has 0 radical (unpaired) electrons. The lowest BCUT2D eigenvalue weighted by Crippen LogP contribution is -2.37. The normalized spacial score (nSPS) is 10.1. The zero-order valence-corrected chi connectivity index (χ0v) is 13.5. The van der Waals surface area contributed by atoms with Crippen LogP contribution in [0, 0.1) is 0 Å². The van der Waals surface area contributed by atoms with Crippen LogP contribution in [0.1, 0.15) is 39.1 Å². The number of urea groups is 1. The van der Waals surface area contributed by atoms with Crippen LogP contribution in [0.2, 0.25) is 0 Å². The van der Waals surface area contributed by atoms with E-state index < -0.39 is 0 Å². The first-order valence-corrected chi connectivity index (χ1v) is 7.73. The molecule has 0 aromatic heterocycles. The molecule has 0 aliphatic heterocycles. The molecule has 1 N–H and O–H groups in total. The standard InChI is InChI=1S/C17H26N2O3.H2/c1-19(14-15-10-6-5-7-11-15)17(21)18-13-9-4-3-8-12-16(20)22-2;/h5-7,10-11H,3-4,8-9,12-14H2,1-2H3,(H,18,21);1H. The number of benzene rings is 1. The van der Waals surface area contributed by atoms with Crippen LogP contribution in [0.4, 0.5) is 4.79 Å². The van der Waals surface area contributed by atoms with Crippen molar-refractivity contribution >= 4 is 12.0 Å². The third-order valence-electron chi connectivity index (χ3n) is 3.42. The molecule has 0 aliphatic rings. The smallest absolute Gasteiger partial charge is 0.317 e. The maximum Gasteiger partial charge on any atom is 0.317 e. The predicted molar refractivity (Wildman–Crippen MR) is 88.5 cm³/mol. The van der Waals surface area contributed by atoms with Crippen molar-refractivity contribution in [2.24, 2.45) is 0 Å². The Balaban J connectivity index is 0.00000484. The molecule has 0 atom stereocenters. The fourth-order valence-electron chi connectivity index (χ4n) is 2.11. The molecule has 0 fully saturated rings. The van der Waals surface area contributed by atoms with Crippen molar-refractivity contribution in [1.82, 2.24) is 10.2 Å². The lowest BCUT2D eigenvalue weighted by molar-refractivity contribution is -0.140. The van der Waals surface area contributed by atoms with Crippen LogP contribution in [-0.2, 0) is 16.1 Å². The van der Waals surface area contributed by atoms with Crippen molar-refractivity contribution in [1.29, 1.82) is 0 Å². The van der Waals surface area contributed by atoms with Crippen molar-refractivity contribution in [3.05, 3.63) is 35.9 Å². The lowest BCUT2D eigenvalue weighted by atomic mass is 10.1. The van der Waals surface area contributed by atoms with E-state index in [9.17, 15) is 9.59 Å². The molecule has 1 aromatic rings. The Hall–Kier alpha value is -2.04. The first-order valence-electron chi connectivity index (χ1n) is 7.73. The van der Waals surface area contributed by atoms with E-state index >= 15 is 0 Å². The molecule has 0 unspecified atom stereocenters. The highest BCUT2D eigenvalue weighted by Gasteiger charge is 2.07. The fourth-order valence-corrected chi connectivity index (χ4v) is 2.11. The number of carbonyl (C=O) groups is 2. The van der Waals surface area contributed by atoms with Crippen LogP contribution in [-0.4, -0.2) is 37.6 Å². The molecule has 5 nitrogen and oxygen atoms in total. The number of unbranched alkanes of at least 4 members (excludes halogenated alkanes) is 3. The number of esters is 1. The number of carbonyl (C=O) groups excluding carboxylic acids is 2. The molecular weight excluding hydrogens is 280 g/mol. The van der Waals surface area contributed by atoms with Crippen molar-refractivity contribution in [3.8, 4) is 0 Å². The average molecular weight is 308 g/mol. The molecule has 1 rings (SSSR count). The van der Waals surface area contributed by atoms with E-state index in [-0.39, 0.29) is 13.4 Å². The third kappa shape index (κ3) is 7.67. The number of rotatable bonds is 9. The zero-order valence-electron chi connectivity index (χ0n) is 13.5. The van der Waals surface area contributed by atoms with E-state index in [0.717, 1.165) is 31.2 Å². The highest BCUT2D eigenvalue weighted by Crippen LogP contribution is 2.04. The Bertz CT molecular complexity index is 454. The van der Waals surface area contributed by atoms with Crippen LogP contribution in [0.3, 0.4) is 0 Å². The summed E-state index contributed by atoms with van der Waals surface area (Å²) >= 11 is 0. The van der Waals surface area contributed by atoms with Gasteiger partial charge in [-0.15, -0.1) is 0 Å². The van der Waals surface area contributed by atoms with Crippen LogP contribution >= 0.6 is 0 Å². The maximum atomic E-state index is 11.9. The number of hydrogen-bond donors (Lipinski definition) is 1. The SMILES string of the molecule is COC(=O)CCCCCCNC(=O)N(C)Cc1ccccc1.[HH]. The minimum atomic E-state index is -0.157. The van der Waals surface area contributed by atoms with Crippen molar-refractivity contribution in [2.75, 3.05) is 20.7 Å². The number of nitrogens with zero attached hydrogens (tertiary/aromatic N) is 1. The van der Waals surface area contributed by atoms with Gasteiger partial charge in [-0.3, -0.25) is 4.79 Å². The molecule has 5 heteroatoms. The summed E-state index contributed by atoms with van der Waals surface area (Å²) in [5.74, 6) is -0.157. The number of methoxy groups -OCH3 is 1. The summed E-state index contributed by atoms with van der Waals surface area (Å²) in [4.78, 5) is 24.5. The van der Waals surface area contributed by atoms with E-state index in [1.807, 2.05) is 30.3 Å². The van der Waals surface area contributed by atoms with Gasteiger partial charge in [-0.1, -0.05) is 43.2 Å². The first kappa shape index (κ1) is 18.0. The third-order valence-corrected chi connectivity index (χ3v) is 3.42. The van der Waals surface area contributed by atoms with Crippen LogP contribution in [0.25, 0.3) is 0 Å². The Morgan fingerprint density at radius 1 is 1.14 bits per heavy atom. The van der Waals surface area contributed by atoms with E-state index in [4.69, 9.17) is 0 Å². The molecule has 2 amide bonds. The molecule has 0 bridgehead atoms. The number of ether oxygens (including phenoxy) is 1. The molecule has 22 heavy (non-hydrogen) atoms. The Morgan fingerprint density at radius 3 is 2.50 bits per heavy atom. The van der Waals surface area contributed by atoms with E-state index in [1.165, 1.54) is 7.11 Å². The summed E-state index contributed by atoms with van der Waals surface area (Å²) in [5, 5.41) is 2.91. The minimum absolute atomic E-state index is 0. The van der Waals surface area contributed by atoms with Gasteiger partial charge >= 0.3 is 12.0 Å². The Labute approximate surface area is 134 Å². The van der Waals surface area contributed by atoms with Crippen molar-refractivity contribution < 1.29 is 15.8 Å². The van der Waals surface area contributed by atoms with Gasteiger partial charge in [0.25, 0.3) is 0 Å². The molecule has 0 saturated heterocycles. The van der Waals surface area contributed by atoms with Crippen molar-refractivity contribution in [2.45, 2.75) is 38.6 Å². The molecule has 0 aliphatic carbocycles. The summed E-state index contributed by atoms with van der Waals surface area (Å²) in [7, 11) is 3.20. The first-order chi connectivity index (χ1) is 10.6. The van der Waals surface area contributed by atoms with Gasteiger partial charge in [0, 0.05) is 28.0 Å². The van der Waals surface area contributed by atoms with E-state index in [2.05, 4.69) is 10.1 Å². The second-order valence-corrected chi connectivity index (χ2v) is 5.31. The number of nitrogens with one attached hydrogen (secondary N) is 1. The van der Waals surface area contributed by atoms with Crippen LogP contribution in [0.5, 0.6) is 0 Å². The molecular formula is C17H28N2O3. The average Bonchev–Trinajstić information content (AvgIpc) is 2.54. The van der Waals surface area contributed by atoms with E-state index in [0.29, 0.717) is 19.5 Å². The molecule has 1 aromatic carbocycles. The largest absolute Gasteiger partial charge is 0.469 e. The van der Waals surface area contributed by atoms with Crippen LogP contribution in [0.15, 0.2) is 30.3 Å². The number of hydrogen-bond acceptors (Lipinski definition) is 3. The monoisotopic (exact) mass is 308 g/mol. The number of amides is 2. The van der Waals surface area contributed by atoms with Gasteiger partial charge in [0.15, 0.2) is 0 Å². The zero-order chi connectivity index (χ0) is 16.2. The molecule has 0 heterocycles. The molecule has 124 valence electrons. The second-order valence-electron chi connectivity index (χ2n) is 5.31. The summed E-state index contributed by atoms with van der Waals surface area (Å²) in [6.07, 6.45) is 4.22. The predicted octanol–water partition coefficient (Wildman–Crippen LogP) is 3.20. The summed E-state index contributed by atoms with van der Waals surface area (Å²) < 4.78 is 4.58. The van der Waals surface area contributed by atoms with Crippen molar-refractivity contribution in [3.63, 3.8) is 0 Å². The second kappa shape index (κ2) is 10.7.